The molecule has 0 saturated carbocycles. The Morgan fingerprint density at radius 1 is 1.20 bits per heavy atom. The first kappa shape index (κ1) is 21.0. The van der Waals surface area contributed by atoms with Gasteiger partial charge in [0.2, 0.25) is 11.7 Å². The average Bonchev–Trinajstić information content (AvgIpc) is 3.14. The number of para-hydroxylation sites is 1. The number of hydrogen-bond donors (Lipinski definition) is 2. The van der Waals surface area contributed by atoms with Crippen LogP contribution in [-0.2, 0) is 16.1 Å². The summed E-state index contributed by atoms with van der Waals surface area (Å²) in [4.78, 5) is 64.6. The molecule has 10 nitrogen and oxygen atoms in total. The molecule has 1 aromatic heterocycles. The van der Waals surface area contributed by atoms with Crippen molar-refractivity contribution >= 4 is 29.2 Å². The van der Waals surface area contributed by atoms with Crippen molar-refractivity contribution in [1.82, 2.24) is 9.55 Å². The van der Waals surface area contributed by atoms with E-state index in [-0.39, 0.29) is 23.8 Å². The highest BCUT2D eigenvalue weighted by Crippen LogP contribution is 2.26. The van der Waals surface area contributed by atoms with E-state index in [0.717, 1.165) is 4.57 Å². The van der Waals surface area contributed by atoms with Gasteiger partial charge in [-0.15, -0.1) is 0 Å². The number of nitrogens with one attached hydrogen (secondary N) is 1. The van der Waals surface area contributed by atoms with E-state index in [1.165, 1.54) is 11.0 Å². The number of benzene rings is 1. The number of nitrogen functional groups attached to an aromatic ring is 1. The van der Waals surface area contributed by atoms with Crippen molar-refractivity contribution in [1.29, 1.82) is 0 Å². The lowest BCUT2D eigenvalue weighted by Crippen LogP contribution is -2.37. The minimum atomic E-state index is -0.936. The maximum atomic E-state index is 12.6. The number of aromatic amines is 1. The van der Waals surface area contributed by atoms with Gasteiger partial charge in [-0.25, -0.2) is 9.59 Å². The van der Waals surface area contributed by atoms with Gasteiger partial charge in [-0.05, 0) is 25.0 Å². The Bertz CT molecular complexity index is 1120. The second-order valence-electron chi connectivity index (χ2n) is 6.84. The number of Topliss-reactive ketones (excluding diaryl/α,β-unsaturated/α-hetero) is 1. The van der Waals surface area contributed by atoms with Crippen molar-refractivity contribution in [2.24, 2.45) is 0 Å². The molecule has 1 saturated heterocycles. The van der Waals surface area contributed by atoms with Gasteiger partial charge in [0.25, 0.3) is 5.56 Å². The molecule has 0 bridgehead atoms. The van der Waals surface area contributed by atoms with E-state index in [1.54, 1.807) is 18.2 Å². The number of ether oxygens (including phenoxy) is 1. The topological polar surface area (TPSA) is 145 Å². The third-order valence-electron chi connectivity index (χ3n) is 4.79. The molecule has 158 valence electrons. The molecule has 10 heteroatoms. The number of carbonyl (C=O) groups excluding carboxylic acids is 3. The SMILES string of the molecule is CCCn1c(N)c(C(=O)COC(=O)c2ccccc2N2CCCC2=O)c(=O)[nH]c1=O. The number of carbonyl (C=O) groups is 3. The summed E-state index contributed by atoms with van der Waals surface area (Å²) in [5.41, 5.74) is 4.32. The quantitative estimate of drug-likeness (QED) is 0.501. The Hall–Kier alpha value is -3.69. The van der Waals surface area contributed by atoms with Gasteiger partial charge >= 0.3 is 11.7 Å². The largest absolute Gasteiger partial charge is 0.454 e. The summed E-state index contributed by atoms with van der Waals surface area (Å²) in [6, 6.07) is 6.44. The molecule has 0 radical (unpaired) electrons. The molecule has 1 fully saturated rings. The van der Waals surface area contributed by atoms with E-state index in [1.807, 2.05) is 6.92 Å². The Balaban J connectivity index is 1.81. The van der Waals surface area contributed by atoms with Gasteiger partial charge in [-0.1, -0.05) is 19.1 Å². The zero-order valence-electron chi connectivity index (χ0n) is 16.5. The Morgan fingerprint density at radius 3 is 2.60 bits per heavy atom. The van der Waals surface area contributed by atoms with Crippen LogP contribution in [0.4, 0.5) is 11.5 Å². The summed E-state index contributed by atoms with van der Waals surface area (Å²) in [5, 5.41) is 0. The number of amides is 1. The molecule has 0 spiro atoms. The Labute approximate surface area is 171 Å². The molecule has 2 heterocycles. The number of anilines is 2. The molecular formula is C20H22N4O6. The highest BCUT2D eigenvalue weighted by molar-refractivity contribution is 6.05. The fourth-order valence-corrected chi connectivity index (χ4v) is 3.37. The Kier molecular flexibility index (Phi) is 6.14. The lowest BCUT2D eigenvalue weighted by Gasteiger charge is -2.18. The lowest BCUT2D eigenvalue weighted by atomic mass is 10.1. The first-order valence-corrected chi connectivity index (χ1v) is 9.57. The van der Waals surface area contributed by atoms with Crippen LogP contribution in [0.1, 0.15) is 46.9 Å². The molecule has 2 aromatic rings. The maximum absolute atomic E-state index is 12.6. The monoisotopic (exact) mass is 414 g/mol. The minimum absolute atomic E-state index is 0.0937. The van der Waals surface area contributed by atoms with Gasteiger partial charge in [0.05, 0.1) is 11.3 Å². The summed E-state index contributed by atoms with van der Waals surface area (Å²) in [5.74, 6) is -2.00. The van der Waals surface area contributed by atoms with Crippen LogP contribution in [0.15, 0.2) is 33.9 Å². The molecule has 30 heavy (non-hydrogen) atoms. The molecule has 1 aliphatic rings. The molecule has 1 amide bonds. The van der Waals surface area contributed by atoms with E-state index in [9.17, 15) is 24.0 Å². The third-order valence-corrected chi connectivity index (χ3v) is 4.79. The molecule has 1 aromatic carbocycles. The highest BCUT2D eigenvalue weighted by atomic mass is 16.5. The number of H-pyrrole nitrogens is 1. The zero-order chi connectivity index (χ0) is 21.8. The number of nitrogens with zero attached hydrogens (tertiary/aromatic N) is 2. The van der Waals surface area contributed by atoms with Crippen LogP contribution in [0, 0.1) is 0 Å². The lowest BCUT2D eigenvalue weighted by molar-refractivity contribution is -0.117. The molecule has 1 aliphatic heterocycles. The van der Waals surface area contributed by atoms with Crippen molar-refractivity contribution < 1.29 is 19.1 Å². The smallest absolute Gasteiger partial charge is 0.340 e. The van der Waals surface area contributed by atoms with Gasteiger partial charge in [-0.2, -0.15) is 0 Å². The Morgan fingerprint density at radius 2 is 1.93 bits per heavy atom. The van der Waals surface area contributed by atoms with Gasteiger partial charge in [-0.3, -0.25) is 23.9 Å². The van der Waals surface area contributed by atoms with Gasteiger partial charge in [0, 0.05) is 19.5 Å². The highest BCUT2D eigenvalue weighted by Gasteiger charge is 2.27. The van der Waals surface area contributed by atoms with Gasteiger partial charge < -0.3 is 15.4 Å². The van der Waals surface area contributed by atoms with Crippen molar-refractivity contribution in [2.75, 3.05) is 23.8 Å². The fraction of sp³-hybridized carbons (Fsp3) is 0.350. The number of esters is 1. The predicted octanol–water partition coefficient (Wildman–Crippen LogP) is 0.695. The van der Waals surface area contributed by atoms with Crippen LogP contribution in [0.3, 0.4) is 0 Å². The number of nitrogens with two attached hydrogens (primary N) is 1. The number of aromatic nitrogens is 2. The second kappa shape index (κ2) is 8.76. The van der Waals surface area contributed by atoms with Crippen LogP contribution in [0.25, 0.3) is 0 Å². The summed E-state index contributed by atoms with van der Waals surface area (Å²) >= 11 is 0. The first-order chi connectivity index (χ1) is 14.3. The van der Waals surface area contributed by atoms with E-state index in [0.29, 0.717) is 31.5 Å². The molecular weight excluding hydrogens is 392 g/mol. The summed E-state index contributed by atoms with van der Waals surface area (Å²) in [6.07, 6.45) is 1.65. The normalized spacial score (nSPS) is 13.5. The van der Waals surface area contributed by atoms with Crippen molar-refractivity contribution in [3.05, 3.63) is 56.2 Å². The molecule has 0 atom stereocenters. The third kappa shape index (κ3) is 4.02. The average molecular weight is 414 g/mol. The summed E-state index contributed by atoms with van der Waals surface area (Å²) < 4.78 is 6.19. The fourth-order valence-electron chi connectivity index (χ4n) is 3.37. The van der Waals surface area contributed by atoms with Gasteiger partial charge in [0.1, 0.15) is 11.4 Å². The van der Waals surface area contributed by atoms with Crippen molar-refractivity contribution in [3.63, 3.8) is 0 Å². The number of hydrogen-bond acceptors (Lipinski definition) is 7. The van der Waals surface area contributed by atoms with E-state index in [4.69, 9.17) is 10.5 Å². The zero-order valence-corrected chi connectivity index (χ0v) is 16.5. The first-order valence-electron chi connectivity index (χ1n) is 9.57. The van der Waals surface area contributed by atoms with Crippen LogP contribution in [0.2, 0.25) is 0 Å². The maximum Gasteiger partial charge on any atom is 0.340 e. The van der Waals surface area contributed by atoms with Gasteiger partial charge in [0.15, 0.2) is 6.61 Å². The molecule has 3 N–H and O–H groups in total. The second-order valence-corrected chi connectivity index (χ2v) is 6.84. The van der Waals surface area contributed by atoms with E-state index >= 15 is 0 Å². The summed E-state index contributed by atoms with van der Waals surface area (Å²) in [6.45, 7) is 1.78. The van der Waals surface area contributed by atoms with Crippen LogP contribution < -0.4 is 21.9 Å². The summed E-state index contributed by atoms with van der Waals surface area (Å²) in [7, 11) is 0. The van der Waals surface area contributed by atoms with Crippen molar-refractivity contribution in [2.45, 2.75) is 32.7 Å². The molecule has 3 rings (SSSR count). The van der Waals surface area contributed by atoms with Crippen LogP contribution in [-0.4, -0.2) is 40.4 Å². The minimum Gasteiger partial charge on any atom is -0.454 e. The van der Waals surface area contributed by atoms with Crippen molar-refractivity contribution in [3.8, 4) is 0 Å². The standard InChI is InChI=1S/C20H22N4O6/c1-2-9-24-17(21)16(18(27)22-20(24)29)14(25)11-30-19(28)12-6-3-4-7-13(12)23-10-5-8-15(23)26/h3-4,6-7H,2,5,8-11,21H2,1H3,(H,22,27,29). The number of ketones is 1. The predicted molar refractivity (Wildman–Crippen MR) is 109 cm³/mol. The number of rotatable bonds is 7. The van der Waals surface area contributed by atoms with E-state index in [2.05, 4.69) is 4.98 Å². The van der Waals surface area contributed by atoms with Crippen LogP contribution in [0.5, 0.6) is 0 Å². The van der Waals surface area contributed by atoms with E-state index < -0.39 is 35.2 Å². The molecule has 0 unspecified atom stereocenters. The molecule has 0 aliphatic carbocycles. The van der Waals surface area contributed by atoms with Crippen LogP contribution >= 0.6 is 0 Å².